The first kappa shape index (κ1) is 12.6. The Hall–Kier alpha value is -1.51. The number of benzene rings is 1. The first-order chi connectivity index (χ1) is 7.63. The van der Waals surface area contributed by atoms with Crippen molar-refractivity contribution in [1.82, 2.24) is 0 Å². The zero-order valence-corrected chi connectivity index (χ0v) is 10.2. The van der Waals surface area contributed by atoms with Gasteiger partial charge in [-0.05, 0) is 35.6 Å². The minimum atomic E-state index is 0.273. The van der Waals surface area contributed by atoms with Crippen LogP contribution in [0, 0.1) is 22.7 Å². The Labute approximate surface area is 101 Å². The van der Waals surface area contributed by atoms with Crippen LogP contribution in [0.3, 0.4) is 0 Å². The van der Waals surface area contributed by atoms with E-state index in [4.69, 9.17) is 22.1 Å². The van der Waals surface area contributed by atoms with Crippen LogP contribution >= 0.6 is 11.6 Å². The van der Waals surface area contributed by atoms with Crippen LogP contribution in [0.15, 0.2) is 12.1 Å². The van der Waals surface area contributed by atoms with Crippen LogP contribution in [0.1, 0.15) is 42.9 Å². The van der Waals surface area contributed by atoms with Gasteiger partial charge >= 0.3 is 0 Å². The molecule has 0 amide bonds. The third-order valence-corrected chi connectivity index (χ3v) is 2.94. The number of nitriles is 2. The van der Waals surface area contributed by atoms with E-state index in [1.807, 2.05) is 0 Å². The van der Waals surface area contributed by atoms with Crippen molar-refractivity contribution in [2.24, 2.45) is 0 Å². The monoisotopic (exact) mass is 232 g/mol. The molecule has 1 aromatic rings. The largest absolute Gasteiger partial charge is 0.198 e. The highest BCUT2D eigenvalue weighted by Crippen LogP contribution is 2.29. The maximum Gasteiger partial charge on any atom is 0.0995 e. The van der Waals surface area contributed by atoms with E-state index in [1.165, 1.54) is 0 Å². The Morgan fingerprint density at radius 3 is 2.56 bits per heavy atom. The van der Waals surface area contributed by atoms with Crippen molar-refractivity contribution in [3.8, 4) is 12.1 Å². The molecule has 0 aliphatic heterocycles. The lowest BCUT2D eigenvalue weighted by atomic mass is 9.88. The molecule has 0 radical (unpaired) electrons. The highest BCUT2D eigenvalue weighted by atomic mass is 35.5. The summed E-state index contributed by atoms with van der Waals surface area (Å²) in [6, 6.07) is 7.73. The summed E-state index contributed by atoms with van der Waals surface area (Å²) in [4.78, 5) is 0. The van der Waals surface area contributed by atoms with Gasteiger partial charge in [-0.1, -0.05) is 25.4 Å². The first-order valence-corrected chi connectivity index (χ1v) is 5.61. The second-order valence-corrected chi connectivity index (χ2v) is 4.22. The molecule has 1 unspecified atom stereocenters. The van der Waals surface area contributed by atoms with Gasteiger partial charge in [-0.15, -0.1) is 0 Å². The first-order valence-electron chi connectivity index (χ1n) is 5.23. The summed E-state index contributed by atoms with van der Waals surface area (Å²) in [5, 5.41) is 18.4. The molecule has 1 atom stereocenters. The number of nitrogens with zero attached hydrogens (tertiary/aromatic N) is 2. The quantitative estimate of drug-likeness (QED) is 0.796. The summed E-state index contributed by atoms with van der Waals surface area (Å²) in [5.41, 5.74) is 2.43. The maximum absolute atomic E-state index is 9.09. The van der Waals surface area contributed by atoms with Gasteiger partial charge in [0.1, 0.15) is 0 Å². The van der Waals surface area contributed by atoms with Gasteiger partial charge in [-0.3, -0.25) is 0 Å². The molecule has 0 aromatic heterocycles. The second kappa shape index (κ2) is 5.54. The average molecular weight is 233 g/mol. The van der Waals surface area contributed by atoms with Crippen molar-refractivity contribution < 1.29 is 0 Å². The summed E-state index contributed by atoms with van der Waals surface area (Å²) >= 11 is 5.92. The molecule has 16 heavy (non-hydrogen) atoms. The Balaban J connectivity index is 3.41. The fourth-order valence-corrected chi connectivity index (χ4v) is 2.03. The molecule has 3 heteroatoms. The van der Waals surface area contributed by atoms with Crippen molar-refractivity contribution in [1.29, 1.82) is 10.5 Å². The highest BCUT2D eigenvalue weighted by Gasteiger charge is 2.15. The summed E-state index contributed by atoms with van der Waals surface area (Å²) in [7, 11) is 0. The van der Waals surface area contributed by atoms with Crippen LogP contribution in [0.4, 0.5) is 0 Å². The SMILES string of the molecule is CCC(C)c1c(C#N)cc(Cl)cc1CC#N. The molecule has 0 aliphatic carbocycles. The Bertz CT molecular complexity index is 466. The predicted molar refractivity (Wildman–Crippen MR) is 64.2 cm³/mol. The topological polar surface area (TPSA) is 47.6 Å². The molecule has 0 fully saturated rings. The summed E-state index contributed by atoms with van der Waals surface area (Å²) in [6.07, 6.45) is 1.24. The van der Waals surface area contributed by atoms with E-state index in [0.29, 0.717) is 17.0 Å². The standard InChI is InChI=1S/C13H13ClN2/c1-3-9(2)13-10(4-5-15)6-12(14)7-11(13)8-16/h6-7,9H,3-4H2,1-2H3. The van der Waals surface area contributed by atoms with E-state index in [9.17, 15) is 0 Å². The molecular weight excluding hydrogens is 220 g/mol. The summed E-state index contributed by atoms with van der Waals surface area (Å²) < 4.78 is 0. The smallest absolute Gasteiger partial charge is 0.0995 e. The molecular formula is C13H13ClN2. The van der Waals surface area contributed by atoms with E-state index in [-0.39, 0.29) is 5.92 Å². The van der Waals surface area contributed by atoms with Gasteiger partial charge in [0.2, 0.25) is 0 Å². The lowest BCUT2D eigenvalue weighted by molar-refractivity contribution is 0.723. The lowest BCUT2D eigenvalue weighted by Crippen LogP contribution is -2.02. The third-order valence-electron chi connectivity index (χ3n) is 2.73. The van der Waals surface area contributed by atoms with Crippen molar-refractivity contribution in [3.05, 3.63) is 33.8 Å². The van der Waals surface area contributed by atoms with E-state index in [0.717, 1.165) is 17.5 Å². The minimum absolute atomic E-state index is 0.273. The van der Waals surface area contributed by atoms with Crippen molar-refractivity contribution >= 4 is 11.6 Å². The van der Waals surface area contributed by atoms with Crippen molar-refractivity contribution in [2.45, 2.75) is 32.6 Å². The van der Waals surface area contributed by atoms with E-state index in [1.54, 1.807) is 12.1 Å². The second-order valence-electron chi connectivity index (χ2n) is 3.78. The molecule has 1 aromatic carbocycles. The number of halogens is 1. The zero-order valence-electron chi connectivity index (χ0n) is 9.42. The fraction of sp³-hybridized carbons (Fsp3) is 0.385. The molecule has 0 saturated heterocycles. The average Bonchev–Trinajstić information content (AvgIpc) is 2.27. The van der Waals surface area contributed by atoms with Crippen LogP contribution in [0.2, 0.25) is 5.02 Å². The van der Waals surface area contributed by atoms with Gasteiger partial charge in [-0.2, -0.15) is 10.5 Å². The Morgan fingerprint density at radius 1 is 1.38 bits per heavy atom. The van der Waals surface area contributed by atoms with Gasteiger partial charge in [-0.25, -0.2) is 0 Å². The Morgan fingerprint density at radius 2 is 2.06 bits per heavy atom. The maximum atomic E-state index is 9.09. The summed E-state index contributed by atoms with van der Waals surface area (Å²) in [6.45, 7) is 4.13. The number of hydrogen-bond donors (Lipinski definition) is 0. The van der Waals surface area contributed by atoms with Gasteiger partial charge in [0.05, 0.1) is 24.1 Å². The van der Waals surface area contributed by atoms with Crippen molar-refractivity contribution in [3.63, 3.8) is 0 Å². The molecule has 0 aliphatic rings. The van der Waals surface area contributed by atoms with Crippen LogP contribution in [0.25, 0.3) is 0 Å². The fourth-order valence-electron chi connectivity index (χ4n) is 1.78. The van der Waals surface area contributed by atoms with Crippen molar-refractivity contribution in [2.75, 3.05) is 0 Å². The molecule has 1 rings (SSSR count). The molecule has 82 valence electrons. The third kappa shape index (κ3) is 2.54. The van der Waals surface area contributed by atoms with Gasteiger partial charge in [0.25, 0.3) is 0 Å². The molecule has 0 N–H and O–H groups in total. The Kier molecular flexibility index (Phi) is 4.35. The van der Waals surface area contributed by atoms with Crippen LogP contribution in [-0.4, -0.2) is 0 Å². The molecule has 0 saturated carbocycles. The molecule has 0 spiro atoms. The number of hydrogen-bond acceptors (Lipinski definition) is 2. The van der Waals surface area contributed by atoms with E-state index >= 15 is 0 Å². The normalized spacial score (nSPS) is 11.6. The number of rotatable bonds is 3. The molecule has 2 nitrogen and oxygen atoms in total. The van der Waals surface area contributed by atoms with E-state index < -0.39 is 0 Å². The summed E-state index contributed by atoms with van der Waals surface area (Å²) in [5.74, 6) is 0.273. The van der Waals surface area contributed by atoms with Crippen LogP contribution < -0.4 is 0 Å². The predicted octanol–water partition coefficient (Wildman–Crippen LogP) is 3.79. The lowest BCUT2D eigenvalue weighted by Gasteiger charge is -2.15. The van der Waals surface area contributed by atoms with Gasteiger partial charge in [0.15, 0.2) is 0 Å². The highest BCUT2D eigenvalue weighted by molar-refractivity contribution is 6.30. The van der Waals surface area contributed by atoms with Gasteiger partial charge < -0.3 is 0 Å². The molecule has 0 heterocycles. The van der Waals surface area contributed by atoms with Crippen LogP contribution in [-0.2, 0) is 6.42 Å². The van der Waals surface area contributed by atoms with E-state index in [2.05, 4.69) is 26.0 Å². The van der Waals surface area contributed by atoms with Gasteiger partial charge in [0, 0.05) is 5.02 Å². The zero-order chi connectivity index (χ0) is 12.1. The van der Waals surface area contributed by atoms with Crippen LogP contribution in [0.5, 0.6) is 0 Å². The minimum Gasteiger partial charge on any atom is -0.198 e. The molecule has 0 bridgehead atoms.